The molecule has 4 rings (SSSR count). The lowest BCUT2D eigenvalue weighted by atomic mass is 10.1. The van der Waals surface area contributed by atoms with Gasteiger partial charge in [-0.2, -0.15) is 0 Å². The number of halogens is 1. The van der Waals surface area contributed by atoms with Crippen molar-refractivity contribution >= 4 is 38.2 Å². The van der Waals surface area contributed by atoms with Crippen LogP contribution in [0.15, 0.2) is 88.6 Å². The lowest BCUT2D eigenvalue weighted by Crippen LogP contribution is -2.33. The lowest BCUT2D eigenvalue weighted by Gasteiger charge is -2.25. The van der Waals surface area contributed by atoms with Gasteiger partial charge in [0.15, 0.2) is 0 Å². The first-order valence-corrected chi connectivity index (χ1v) is 11.1. The van der Waals surface area contributed by atoms with E-state index in [4.69, 9.17) is 11.6 Å². The summed E-state index contributed by atoms with van der Waals surface area (Å²) in [6, 6.07) is 22.3. The molecule has 0 aliphatic heterocycles. The Morgan fingerprint density at radius 1 is 0.933 bits per heavy atom. The number of pyridine rings is 1. The average Bonchev–Trinajstić information content (AvgIpc) is 2.72. The highest BCUT2D eigenvalue weighted by Crippen LogP contribution is 2.27. The van der Waals surface area contributed by atoms with E-state index < -0.39 is 10.0 Å². The minimum Gasteiger partial charge on any atom is -0.322 e. The van der Waals surface area contributed by atoms with Crippen molar-refractivity contribution < 1.29 is 8.42 Å². The maximum absolute atomic E-state index is 13.5. The van der Waals surface area contributed by atoms with Gasteiger partial charge in [-0.1, -0.05) is 41.9 Å². The number of anilines is 1. The maximum Gasteiger partial charge on any atom is 0.264 e. The van der Waals surface area contributed by atoms with E-state index >= 15 is 0 Å². The molecule has 0 spiro atoms. The molecule has 152 valence electrons. The highest BCUT2D eigenvalue weighted by molar-refractivity contribution is 7.92. The Morgan fingerprint density at radius 2 is 1.67 bits per heavy atom. The van der Waals surface area contributed by atoms with E-state index in [1.807, 2.05) is 37.3 Å². The van der Waals surface area contributed by atoms with E-state index in [-0.39, 0.29) is 17.0 Å². The quantitative estimate of drug-likeness (QED) is 0.482. The number of aromatic amines is 1. The smallest absolute Gasteiger partial charge is 0.264 e. The fraction of sp³-hybridized carbons (Fsp3) is 0.0870. The molecule has 1 aromatic heterocycles. The predicted molar refractivity (Wildman–Crippen MR) is 121 cm³/mol. The second-order valence-electron chi connectivity index (χ2n) is 7.02. The summed E-state index contributed by atoms with van der Waals surface area (Å²) in [6.45, 7) is 1.79. The number of aryl methyl sites for hydroxylation is 1. The van der Waals surface area contributed by atoms with Gasteiger partial charge >= 0.3 is 0 Å². The van der Waals surface area contributed by atoms with Crippen LogP contribution in [0.25, 0.3) is 10.9 Å². The molecule has 1 N–H and O–H groups in total. The summed E-state index contributed by atoms with van der Waals surface area (Å²) in [4.78, 5) is 15.6. The van der Waals surface area contributed by atoms with Crippen molar-refractivity contribution in [3.63, 3.8) is 0 Å². The zero-order chi connectivity index (χ0) is 21.3. The number of aromatic nitrogens is 1. The minimum absolute atomic E-state index is 0.102. The highest BCUT2D eigenvalue weighted by Gasteiger charge is 2.26. The predicted octanol–water partition coefficient (Wildman–Crippen LogP) is 4.89. The van der Waals surface area contributed by atoms with Crippen molar-refractivity contribution in [1.82, 2.24) is 4.98 Å². The average molecular weight is 439 g/mol. The normalized spacial score (nSPS) is 11.5. The van der Waals surface area contributed by atoms with Gasteiger partial charge in [-0.15, -0.1) is 0 Å². The Labute approximate surface area is 179 Å². The van der Waals surface area contributed by atoms with Crippen LogP contribution >= 0.6 is 11.6 Å². The van der Waals surface area contributed by atoms with Crippen LogP contribution in [0.4, 0.5) is 5.69 Å². The van der Waals surface area contributed by atoms with Crippen molar-refractivity contribution in [3.05, 3.63) is 105 Å². The Morgan fingerprint density at radius 3 is 2.40 bits per heavy atom. The Bertz CT molecular complexity index is 1380. The van der Waals surface area contributed by atoms with Crippen molar-refractivity contribution in [2.45, 2.75) is 18.4 Å². The SMILES string of the molecule is Cc1cccc(N(Cc2cc3ccccc3[nH]c2=O)S(=O)(=O)c2ccc(Cl)cc2)c1. The number of hydrogen-bond donors (Lipinski definition) is 1. The van der Waals surface area contributed by atoms with Crippen LogP contribution in [0.3, 0.4) is 0 Å². The Balaban J connectivity index is 1.85. The third-order valence-corrected chi connectivity index (χ3v) is 6.88. The van der Waals surface area contributed by atoms with Gasteiger partial charge in [-0.05, 0) is 66.4 Å². The van der Waals surface area contributed by atoms with E-state index in [1.54, 1.807) is 24.3 Å². The summed E-state index contributed by atoms with van der Waals surface area (Å²) in [5.41, 5.74) is 2.13. The summed E-state index contributed by atoms with van der Waals surface area (Å²) >= 11 is 5.93. The molecule has 3 aromatic carbocycles. The second kappa shape index (κ2) is 7.97. The van der Waals surface area contributed by atoms with E-state index in [2.05, 4.69) is 4.98 Å². The van der Waals surface area contributed by atoms with Crippen LogP contribution in [-0.2, 0) is 16.6 Å². The number of rotatable bonds is 5. The number of sulfonamides is 1. The summed E-state index contributed by atoms with van der Waals surface area (Å²) in [7, 11) is -3.93. The standard InChI is InChI=1S/C23H19ClN2O3S/c1-16-5-4-7-20(13-16)26(30(28,29)21-11-9-19(24)10-12-21)15-18-14-17-6-2-3-8-22(17)25-23(18)27/h2-14H,15H2,1H3,(H,25,27). The molecular formula is C23H19ClN2O3S. The van der Waals surface area contributed by atoms with Gasteiger partial charge in [0.25, 0.3) is 15.6 Å². The Kier molecular flexibility index (Phi) is 5.37. The van der Waals surface area contributed by atoms with Gasteiger partial charge < -0.3 is 4.98 Å². The highest BCUT2D eigenvalue weighted by atomic mass is 35.5. The van der Waals surface area contributed by atoms with Crippen LogP contribution in [0.1, 0.15) is 11.1 Å². The molecule has 0 saturated carbocycles. The Hall–Kier alpha value is -3.09. The first-order valence-electron chi connectivity index (χ1n) is 9.30. The monoisotopic (exact) mass is 438 g/mol. The molecule has 0 aliphatic rings. The van der Waals surface area contributed by atoms with Crippen LogP contribution in [-0.4, -0.2) is 13.4 Å². The molecule has 0 bridgehead atoms. The van der Waals surface area contributed by atoms with Crippen molar-refractivity contribution in [2.75, 3.05) is 4.31 Å². The molecule has 30 heavy (non-hydrogen) atoms. The fourth-order valence-corrected chi connectivity index (χ4v) is 4.86. The first-order chi connectivity index (χ1) is 14.3. The third kappa shape index (κ3) is 3.97. The number of hydrogen-bond acceptors (Lipinski definition) is 3. The molecule has 4 aromatic rings. The van der Waals surface area contributed by atoms with Crippen LogP contribution in [0.2, 0.25) is 5.02 Å². The number of benzene rings is 3. The number of fused-ring (bicyclic) bond motifs is 1. The van der Waals surface area contributed by atoms with Gasteiger partial charge in [0.1, 0.15) is 0 Å². The van der Waals surface area contributed by atoms with E-state index in [0.29, 0.717) is 21.8 Å². The number of nitrogens with zero attached hydrogens (tertiary/aromatic N) is 1. The van der Waals surface area contributed by atoms with Gasteiger partial charge in [0.2, 0.25) is 0 Å². The van der Waals surface area contributed by atoms with Gasteiger partial charge in [-0.3, -0.25) is 9.10 Å². The molecule has 0 fully saturated rings. The van der Waals surface area contributed by atoms with Gasteiger partial charge in [0.05, 0.1) is 17.1 Å². The van der Waals surface area contributed by atoms with Crippen molar-refractivity contribution in [2.24, 2.45) is 0 Å². The zero-order valence-electron chi connectivity index (χ0n) is 16.2. The summed E-state index contributed by atoms with van der Waals surface area (Å²) in [5, 5.41) is 1.28. The number of H-pyrrole nitrogens is 1. The largest absolute Gasteiger partial charge is 0.322 e. The van der Waals surface area contributed by atoms with E-state index in [1.165, 1.54) is 28.6 Å². The molecule has 0 aliphatic carbocycles. The van der Waals surface area contributed by atoms with Crippen LogP contribution < -0.4 is 9.86 Å². The molecule has 5 nitrogen and oxygen atoms in total. The molecule has 7 heteroatoms. The van der Waals surface area contributed by atoms with Crippen LogP contribution in [0.5, 0.6) is 0 Å². The van der Waals surface area contributed by atoms with Crippen molar-refractivity contribution in [1.29, 1.82) is 0 Å². The molecule has 0 unspecified atom stereocenters. The summed E-state index contributed by atoms with van der Waals surface area (Å²) in [6.07, 6.45) is 0. The van der Waals surface area contributed by atoms with Crippen molar-refractivity contribution in [3.8, 4) is 0 Å². The summed E-state index contributed by atoms with van der Waals surface area (Å²) in [5.74, 6) is 0. The topological polar surface area (TPSA) is 70.2 Å². The lowest BCUT2D eigenvalue weighted by molar-refractivity contribution is 0.590. The first kappa shape index (κ1) is 20.2. The number of nitrogens with one attached hydrogen (secondary N) is 1. The zero-order valence-corrected chi connectivity index (χ0v) is 17.7. The number of para-hydroxylation sites is 1. The molecule has 0 radical (unpaired) electrons. The van der Waals surface area contributed by atoms with Gasteiger partial charge in [0, 0.05) is 16.1 Å². The molecule has 0 saturated heterocycles. The maximum atomic E-state index is 13.5. The van der Waals surface area contributed by atoms with E-state index in [0.717, 1.165) is 10.9 Å². The fourth-order valence-electron chi connectivity index (χ4n) is 3.30. The molecular weight excluding hydrogens is 420 g/mol. The van der Waals surface area contributed by atoms with E-state index in [9.17, 15) is 13.2 Å². The molecule has 1 heterocycles. The molecule has 0 atom stereocenters. The molecule has 0 amide bonds. The van der Waals surface area contributed by atoms with Gasteiger partial charge in [-0.25, -0.2) is 8.42 Å². The summed E-state index contributed by atoms with van der Waals surface area (Å²) < 4.78 is 28.3. The third-order valence-electron chi connectivity index (χ3n) is 4.84. The minimum atomic E-state index is -3.93. The second-order valence-corrected chi connectivity index (χ2v) is 9.31. The van der Waals surface area contributed by atoms with Crippen LogP contribution in [0, 0.1) is 6.92 Å².